The third kappa shape index (κ3) is 6.18. The highest BCUT2D eigenvalue weighted by molar-refractivity contribution is 5.92. The molecule has 0 bridgehead atoms. The van der Waals surface area contributed by atoms with Crippen molar-refractivity contribution in [2.45, 2.75) is 38.8 Å². The Morgan fingerprint density at radius 3 is 2.49 bits per heavy atom. The van der Waals surface area contributed by atoms with Gasteiger partial charge < -0.3 is 19.7 Å². The van der Waals surface area contributed by atoms with Crippen molar-refractivity contribution in [3.8, 4) is 11.5 Å². The molecular weight excluding hydrogens is 447 g/mol. The zero-order valence-corrected chi connectivity index (χ0v) is 19.9. The first-order chi connectivity index (χ1) is 16.9. The number of methoxy groups -OCH3 is 1. The summed E-state index contributed by atoms with van der Waals surface area (Å²) in [5.74, 6) is 0.886. The summed E-state index contributed by atoms with van der Waals surface area (Å²) in [6, 6.07) is 19.1. The van der Waals surface area contributed by atoms with E-state index < -0.39 is 6.10 Å². The number of nitrogens with zero attached hydrogens (tertiary/aromatic N) is 1. The lowest BCUT2D eigenvalue weighted by atomic mass is 10.1. The van der Waals surface area contributed by atoms with Gasteiger partial charge in [0.2, 0.25) is 5.91 Å². The Morgan fingerprint density at radius 2 is 1.80 bits per heavy atom. The maximum atomic E-state index is 13.2. The predicted octanol–water partition coefficient (Wildman–Crippen LogP) is 4.76. The van der Waals surface area contributed by atoms with Crippen molar-refractivity contribution in [3.05, 3.63) is 89.2 Å². The number of nitrogens with one attached hydrogen (secondary N) is 1. The number of carbonyl (C=O) groups is 2. The zero-order chi connectivity index (χ0) is 24.8. The summed E-state index contributed by atoms with van der Waals surface area (Å²) in [4.78, 5) is 27.5. The number of anilines is 1. The van der Waals surface area contributed by atoms with Crippen LogP contribution in [0.2, 0.25) is 0 Å². The smallest absolute Gasteiger partial charge is 0.263 e. The highest BCUT2D eigenvalue weighted by Crippen LogP contribution is 2.29. The van der Waals surface area contributed by atoms with Crippen LogP contribution < -0.4 is 14.8 Å². The van der Waals surface area contributed by atoms with Crippen molar-refractivity contribution in [1.82, 2.24) is 4.90 Å². The van der Waals surface area contributed by atoms with Crippen LogP contribution in [0.3, 0.4) is 0 Å². The van der Waals surface area contributed by atoms with Crippen LogP contribution in [0.25, 0.3) is 0 Å². The summed E-state index contributed by atoms with van der Waals surface area (Å²) < 4.78 is 24.4. The van der Waals surface area contributed by atoms with Crippen molar-refractivity contribution in [3.63, 3.8) is 0 Å². The van der Waals surface area contributed by atoms with Crippen LogP contribution in [0.1, 0.15) is 30.0 Å². The fourth-order valence-electron chi connectivity index (χ4n) is 4.08. The van der Waals surface area contributed by atoms with Gasteiger partial charge >= 0.3 is 0 Å². The van der Waals surface area contributed by atoms with Gasteiger partial charge in [0.1, 0.15) is 17.3 Å². The summed E-state index contributed by atoms with van der Waals surface area (Å²) >= 11 is 0. The van der Waals surface area contributed by atoms with E-state index in [2.05, 4.69) is 5.32 Å². The maximum absolute atomic E-state index is 13.2. The first-order valence-corrected chi connectivity index (χ1v) is 11.7. The average Bonchev–Trinajstić information content (AvgIpc) is 3.00. The number of amides is 2. The third-order valence-corrected chi connectivity index (χ3v) is 6.04. The first kappa shape index (κ1) is 24.3. The molecule has 1 aliphatic rings. The molecule has 1 atom stereocenters. The minimum atomic E-state index is -0.569. The summed E-state index contributed by atoms with van der Waals surface area (Å²) in [5.41, 5.74) is 3.31. The molecule has 0 saturated carbocycles. The normalized spacial score (nSPS) is 15.1. The van der Waals surface area contributed by atoms with Gasteiger partial charge in [0.25, 0.3) is 5.91 Å². The van der Waals surface area contributed by atoms with Crippen LogP contribution in [-0.4, -0.2) is 36.5 Å². The molecule has 0 unspecified atom stereocenters. The number of halogens is 1. The van der Waals surface area contributed by atoms with E-state index in [4.69, 9.17) is 9.47 Å². The van der Waals surface area contributed by atoms with E-state index >= 15 is 0 Å². The second-order valence-electron chi connectivity index (χ2n) is 8.55. The molecule has 182 valence electrons. The van der Waals surface area contributed by atoms with E-state index in [1.54, 1.807) is 36.3 Å². The molecule has 3 aromatic rings. The topological polar surface area (TPSA) is 67.9 Å². The second-order valence-corrected chi connectivity index (χ2v) is 8.55. The number of hydrogen-bond donors (Lipinski definition) is 1. The predicted molar refractivity (Wildman–Crippen MR) is 132 cm³/mol. The summed E-state index contributed by atoms with van der Waals surface area (Å²) in [7, 11) is 1.60. The Hall–Kier alpha value is -3.87. The average molecular weight is 477 g/mol. The lowest BCUT2D eigenvalue weighted by molar-refractivity contribution is -0.138. The molecule has 0 aliphatic carbocycles. The minimum Gasteiger partial charge on any atom is -0.497 e. The summed E-state index contributed by atoms with van der Waals surface area (Å²) in [5, 5.41) is 2.94. The van der Waals surface area contributed by atoms with Gasteiger partial charge in [-0.3, -0.25) is 9.59 Å². The SMILES string of the molecule is CC[C@@H]1Oc2ccc(NC(=O)Cc3ccc(OC)cc3)cc2CN(CCc2ccc(F)cc2)C1=O. The molecule has 1 N–H and O–H groups in total. The van der Waals surface area contributed by atoms with E-state index in [9.17, 15) is 14.0 Å². The van der Waals surface area contributed by atoms with Crippen LogP contribution in [0.5, 0.6) is 11.5 Å². The van der Waals surface area contributed by atoms with Gasteiger partial charge in [0.05, 0.1) is 13.5 Å². The Morgan fingerprint density at radius 1 is 1.09 bits per heavy atom. The van der Waals surface area contributed by atoms with E-state index in [1.807, 2.05) is 37.3 Å². The van der Waals surface area contributed by atoms with Crippen molar-refractivity contribution < 1.29 is 23.5 Å². The Labute approximate surface area is 204 Å². The van der Waals surface area contributed by atoms with E-state index in [-0.39, 0.29) is 24.1 Å². The molecule has 0 saturated heterocycles. The maximum Gasteiger partial charge on any atom is 0.263 e. The summed E-state index contributed by atoms with van der Waals surface area (Å²) in [6.45, 7) is 2.77. The van der Waals surface area contributed by atoms with E-state index in [0.29, 0.717) is 37.4 Å². The van der Waals surface area contributed by atoms with Gasteiger partial charge in [-0.1, -0.05) is 31.2 Å². The van der Waals surface area contributed by atoms with Crippen LogP contribution in [-0.2, 0) is 29.0 Å². The zero-order valence-electron chi connectivity index (χ0n) is 19.9. The van der Waals surface area contributed by atoms with Gasteiger partial charge in [-0.15, -0.1) is 0 Å². The van der Waals surface area contributed by atoms with Gasteiger partial charge in [0.15, 0.2) is 6.10 Å². The first-order valence-electron chi connectivity index (χ1n) is 11.7. The van der Waals surface area contributed by atoms with Crippen molar-refractivity contribution in [2.24, 2.45) is 0 Å². The molecule has 3 aromatic carbocycles. The molecule has 0 aromatic heterocycles. The number of rotatable bonds is 8. The van der Waals surface area contributed by atoms with Gasteiger partial charge in [-0.2, -0.15) is 0 Å². The third-order valence-electron chi connectivity index (χ3n) is 6.04. The lowest BCUT2D eigenvalue weighted by Crippen LogP contribution is -2.40. The van der Waals surface area contributed by atoms with Crippen molar-refractivity contribution >= 4 is 17.5 Å². The monoisotopic (exact) mass is 476 g/mol. The van der Waals surface area contributed by atoms with E-state index in [1.165, 1.54) is 12.1 Å². The molecule has 0 spiro atoms. The highest BCUT2D eigenvalue weighted by atomic mass is 19.1. The quantitative estimate of drug-likeness (QED) is 0.509. The molecule has 1 aliphatic heterocycles. The van der Waals surface area contributed by atoms with Crippen LogP contribution in [0.4, 0.5) is 10.1 Å². The van der Waals surface area contributed by atoms with Crippen molar-refractivity contribution in [2.75, 3.05) is 19.0 Å². The number of benzene rings is 3. The fourth-order valence-corrected chi connectivity index (χ4v) is 4.08. The molecule has 35 heavy (non-hydrogen) atoms. The molecule has 7 heteroatoms. The Kier molecular flexibility index (Phi) is 7.65. The number of carbonyl (C=O) groups excluding carboxylic acids is 2. The second kappa shape index (κ2) is 11.0. The molecule has 2 amide bonds. The van der Waals surface area contributed by atoms with Crippen LogP contribution in [0.15, 0.2) is 66.7 Å². The number of ether oxygens (including phenoxy) is 2. The Bertz CT molecular complexity index is 1180. The number of hydrogen-bond acceptors (Lipinski definition) is 4. The van der Waals surface area contributed by atoms with Crippen LogP contribution >= 0.6 is 0 Å². The van der Waals surface area contributed by atoms with Gasteiger partial charge in [-0.05, 0) is 66.4 Å². The highest BCUT2D eigenvalue weighted by Gasteiger charge is 2.29. The largest absolute Gasteiger partial charge is 0.497 e. The molecule has 4 rings (SSSR count). The molecule has 0 radical (unpaired) electrons. The molecule has 0 fully saturated rings. The van der Waals surface area contributed by atoms with Gasteiger partial charge in [-0.25, -0.2) is 4.39 Å². The number of fused-ring (bicyclic) bond motifs is 1. The standard InChI is InChI=1S/C28H29FN2O4/c1-3-25-28(33)31(15-14-19-4-8-22(29)9-5-19)18-21-17-23(10-13-26(21)35-25)30-27(32)16-20-6-11-24(34-2)12-7-20/h4-13,17,25H,3,14-16,18H2,1-2H3,(H,30,32)/t25-/m0/s1. The fraction of sp³-hybridized carbons (Fsp3) is 0.286. The molecule has 6 nitrogen and oxygen atoms in total. The van der Waals surface area contributed by atoms with E-state index in [0.717, 1.165) is 22.4 Å². The lowest BCUT2D eigenvalue weighted by Gasteiger charge is -2.23. The Balaban J connectivity index is 1.46. The van der Waals surface area contributed by atoms with Gasteiger partial charge in [0, 0.05) is 24.3 Å². The summed E-state index contributed by atoms with van der Waals surface area (Å²) in [6.07, 6.45) is 0.819. The van der Waals surface area contributed by atoms with Crippen molar-refractivity contribution in [1.29, 1.82) is 0 Å². The minimum absolute atomic E-state index is 0.0732. The van der Waals surface area contributed by atoms with Crippen LogP contribution in [0, 0.1) is 5.82 Å². The molecule has 1 heterocycles. The molecular formula is C28H29FN2O4.